The SMILES string of the molecule is CN(c1ccncc1)S(=O)(=O)c1cnccc1Cl. The molecule has 7 heteroatoms. The molecule has 0 N–H and O–H groups in total. The molecule has 2 heterocycles. The summed E-state index contributed by atoms with van der Waals surface area (Å²) in [6.07, 6.45) is 5.71. The first-order valence-corrected chi connectivity index (χ1v) is 6.84. The van der Waals surface area contributed by atoms with Crippen LogP contribution in [0.15, 0.2) is 47.9 Å². The fourth-order valence-corrected chi connectivity index (χ4v) is 2.99. The normalized spacial score (nSPS) is 11.2. The van der Waals surface area contributed by atoms with Crippen molar-refractivity contribution in [1.29, 1.82) is 0 Å². The van der Waals surface area contributed by atoms with Gasteiger partial charge in [-0.05, 0) is 18.2 Å². The lowest BCUT2D eigenvalue weighted by Crippen LogP contribution is -2.26. The van der Waals surface area contributed by atoms with Crippen LogP contribution in [0.4, 0.5) is 5.69 Å². The number of sulfonamides is 1. The number of anilines is 1. The average molecular weight is 284 g/mol. The predicted octanol–water partition coefficient (Wildman–Crippen LogP) is 1.96. The Labute approximate surface area is 110 Å². The molecular weight excluding hydrogens is 274 g/mol. The van der Waals surface area contributed by atoms with E-state index in [1.54, 1.807) is 12.1 Å². The summed E-state index contributed by atoms with van der Waals surface area (Å²) >= 11 is 5.88. The summed E-state index contributed by atoms with van der Waals surface area (Å²) in [6, 6.07) is 4.64. The molecule has 0 fully saturated rings. The molecule has 2 aromatic rings. The molecule has 0 unspecified atom stereocenters. The van der Waals surface area contributed by atoms with Crippen molar-refractivity contribution in [3.05, 3.63) is 48.0 Å². The van der Waals surface area contributed by atoms with Gasteiger partial charge in [0.25, 0.3) is 10.0 Å². The third-order valence-electron chi connectivity index (χ3n) is 2.40. The minimum atomic E-state index is -3.71. The number of aromatic nitrogens is 2. The Morgan fingerprint density at radius 2 is 1.72 bits per heavy atom. The number of nitrogens with zero attached hydrogens (tertiary/aromatic N) is 3. The maximum Gasteiger partial charge on any atom is 0.267 e. The van der Waals surface area contributed by atoms with Gasteiger partial charge in [0.05, 0.1) is 10.7 Å². The zero-order chi connectivity index (χ0) is 13.2. The molecule has 0 aliphatic rings. The Hall–Kier alpha value is -1.66. The number of hydrogen-bond donors (Lipinski definition) is 0. The molecular formula is C11H10ClN3O2S. The lowest BCUT2D eigenvalue weighted by Gasteiger charge is -2.19. The summed E-state index contributed by atoms with van der Waals surface area (Å²) in [7, 11) is -2.26. The van der Waals surface area contributed by atoms with Crippen molar-refractivity contribution in [2.75, 3.05) is 11.4 Å². The zero-order valence-electron chi connectivity index (χ0n) is 9.49. The van der Waals surface area contributed by atoms with Gasteiger partial charge in [0.15, 0.2) is 0 Å². The Bertz CT molecular complexity index is 646. The van der Waals surface area contributed by atoms with Crippen LogP contribution in [0.3, 0.4) is 0 Å². The van der Waals surface area contributed by atoms with E-state index in [4.69, 9.17) is 11.6 Å². The molecule has 0 atom stereocenters. The summed E-state index contributed by atoms with van der Waals surface area (Å²) in [5.41, 5.74) is 0.505. The van der Waals surface area contributed by atoms with Crippen molar-refractivity contribution in [2.24, 2.45) is 0 Å². The highest BCUT2D eigenvalue weighted by Crippen LogP contribution is 2.25. The molecule has 2 aromatic heterocycles. The van der Waals surface area contributed by atoms with Crippen molar-refractivity contribution >= 4 is 27.3 Å². The van der Waals surface area contributed by atoms with Gasteiger partial charge < -0.3 is 0 Å². The number of hydrogen-bond acceptors (Lipinski definition) is 4. The zero-order valence-corrected chi connectivity index (χ0v) is 11.1. The number of pyridine rings is 2. The molecule has 18 heavy (non-hydrogen) atoms. The Kier molecular flexibility index (Phi) is 3.49. The topological polar surface area (TPSA) is 63.2 Å². The second-order valence-electron chi connectivity index (χ2n) is 3.48. The van der Waals surface area contributed by atoms with E-state index >= 15 is 0 Å². The fraction of sp³-hybridized carbons (Fsp3) is 0.0909. The smallest absolute Gasteiger partial charge is 0.267 e. The van der Waals surface area contributed by atoms with Crippen LogP contribution in [0.2, 0.25) is 5.02 Å². The third-order valence-corrected chi connectivity index (χ3v) is 4.65. The van der Waals surface area contributed by atoms with E-state index < -0.39 is 10.0 Å². The molecule has 0 bridgehead atoms. The van der Waals surface area contributed by atoms with Crippen LogP contribution < -0.4 is 4.31 Å². The van der Waals surface area contributed by atoms with Gasteiger partial charge in [0.2, 0.25) is 0 Å². The van der Waals surface area contributed by atoms with Gasteiger partial charge in [-0.1, -0.05) is 11.6 Å². The lowest BCUT2D eigenvalue weighted by molar-refractivity contribution is 0.594. The average Bonchev–Trinajstić information content (AvgIpc) is 2.39. The molecule has 0 amide bonds. The van der Waals surface area contributed by atoms with Gasteiger partial charge in [-0.3, -0.25) is 14.3 Å². The van der Waals surface area contributed by atoms with Crippen LogP contribution in [0.5, 0.6) is 0 Å². The maximum absolute atomic E-state index is 12.3. The number of halogens is 1. The quantitative estimate of drug-likeness (QED) is 0.864. The van der Waals surface area contributed by atoms with E-state index in [0.29, 0.717) is 5.69 Å². The highest BCUT2D eigenvalue weighted by molar-refractivity contribution is 7.93. The molecule has 2 rings (SSSR count). The largest absolute Gasteiger partial charge is 0.269 e. The lowest BCUT2D eigenvalue weighted by atomic mass is 10.4. The summed E-state index contributed by atoms with van der Waals surface area (Å²) in [5.74, 6) is 0. The van der Waals surface area contributed by atoms with Gasteiger partial charge >= 0.3 is 0 Å². The van der Waals surface area contributed by atoms with Gasteiger partial charge in [-0.15, -0.1) is 0 Å². The molecule has 5 nitrogen and oxygen atoms in total. The summed E-state index contributed by atoms with van der Waals surface area (Å²) < 4.78 is 25.8. The maximum atomic E-state index is 12.3. The van der Waals surface area contributed by atoms with E-state index in [2.05, 4.69) is 9.97 Å². The van der Waals surface area contributed by atoms with E-state index in [1.807, 2.05) is 0 Å². The van der Waals surface area contributed by atoms with Crippen molar-refractivity contribution < 1.29 is 8.42 Å². The van der Waals surface area contributed by atoms with Crippen LogP contribution in [0.25, 0.3) is 0 Å². The van der Waals surface area contributed by atoms with Gasteiger partial charge in [-0.25, -0.2) is 8.42 Å². The van der Waals surface area contributed by atoms with Crippen molar-refractivity contribution in [1.82, 2.24) is 9.97 Å². The fourth-order valence-electron chi connectivity index (χ4n) is 1.39. The minimum absolute atomic E-state index is 0.0222. The summed E-state index contributed by atoms with van der Waals surface area (Å²) in [6.45, 7) is 0. The Morgan fingerprint density at radius 1 is 1.11 bits per heavy atom. The molecule has 0 saturated carbocycles. The first kappa shape index (κ1) is 12.8. The van der Waals surface area contributed by atoms with E-state index in [1.165, 1.54) is 37.9 Å². The molecule has 94 valence electrons. The first-order valence-electron chi connectivity index (χ1n) is 5.02. The molecule has 0 saturated heterocycles. The summed E-state index contributed by atoms with van der Waals surface area (Å²) in [4.78, 5) is 7.60. The monoisotopic (exact) mass is 283 g/mol. The second-order valence-corrected chi connectivity index (χ2v) is 5.83. The Morgan fingerprint density at radius 3 is 2.33 bits per heavy atom. The highest BCUT2D eigenvalue weighted by Gasteiger charge is 2.24. The molecule has 0 aliphatic carbocycles. The van der Waals surface area contributed by atoms with Gasteiger partial charge in [0.1, 0.15) is 4.90 Å². The van der Waals surface area contributed by atoms with E-state index in [0.717, 1.165) is 4.31 Å². The van der Waals surface area contributed by atoms with Gasteiger partial charge in [0, 0.05) is 31.8 Å². The van der Waals surface area contributed by atoms with Gasteiger partial charge in [-0.2, -0.15) is 0 Å². The van der Waals surface area contributed by atoms with Crippen LogP contribution in [-0.4, -0.2) is 25.4 Å². The molecule has 0 spiro atoms. The van der Waals surface area contributed by atoms with E-state index in [-0.39, 0.29) is 9.92 Å². The highest BCUT2D eigenvalue weighted by atomic mass is 35.5. The third kappa shape index (κ3) is 2.30. The van der Waals surface area contributed by atoms with Crippen LogP contribution >= 0.6 is 11.6 Å². The molecule has 0 radical (unpaired) electrons. The molecule has 0 aliphatic heterocycles. The van der Waals surface area contributed by atoms with Crippen LogP contribution in [-0.2, 0) is 10.0 Å². The Balaban J connectivity index is 2.48. The number of rotatable bonds is 3. The van der Waals surface area contributed by atoms with Crippen LogP contribution in [0, 0.1) is 0 Å². The van der Waals surface area contributed by atoms with Crippen LogP contribution in [0.1, 0.15) is 0 Å². The van der Waals surface area contributed by atoms with Crippen molar-refractivity contribution in [3.63, 3.8) is 0 Å². The van der Waals surface area contributed by atoms with Crippen molar-refractivity contribution in [2.45, 2.75) is 4.90 Å². The minimum Gasteiger partial charge on any atom is -0.269 e. The second kappa shape index (κ2) is 4.91. The van der Waals surface area contributed by atoms with E-state index in [9.17, 15) is 8.42 Å². The summed E-state index contributed by atoms with van der Waals surface area (Å²) in [5, 5.41) is 0.144. The van der Waals surface area contributed by atoms with Crippen molar-refractivity contribution in [3.8, 4) is 0 Å². The first-order chi connectivity index (χ1) is 8.53. The predicted molar refractivity (Wildman–Crippen MR) is 69.1 cm³/mol. The standard InChI is InChI=1S/C11H10ClN3O2S/c1-15(9-2-5-13-6-3-9)18(16,17)11-8-14-7-4-10(11)12/h2-8H,1H3. The molecule has 0 aromatic carbocycles.